The largest absolute Gasteiger partial charge is 0.396 e. The highest BCUT2D eigenvalue weighted by Crippen LogP contribution is 2.44. The summed E-state index contributed by atoms with van der Waals surface area (Å²) in [5, 5.41) is 12.7. The molecule has 0 aromatic carbocycles. The first-order valence-corrected chi connectivity index (χ1v) is 6.25. The lowest BCUT2D eigenvalue weighted by atomic mass is 10.1. The molecule has 0 radical (unpaired) electrons. The molecule has 3 heteroatoms. The smallest absolute Gasteiger partial charge is 0.0499 e. The molecule has 3 nitrogen and oxygen atoms in total. The van der Waals surface area contributed by atoms with E-state index < -0.39 is 0 Å². The van der Waals surface area contributed by atoms with Crippen LogP contribution in [0.1, 0.15) is 31.9 Å². The van der Waals surface area contributed by atoms with Crippen LogP contribution in [0.15, 0.2) is 18.3 Å². The zero-order valence-electron chi connectivity index (χ0n) is 10.1. The minimum atomic E-state index is 0.210. The summed E-state index contributed by atoms with van der Waals surface area (Å²) < 4.78 is 2.30. The summed E-state index contributed by atoms with van der Waals surface area (Å²) >= 11 is 0. The van der Waals surface area contributed by atoms with Crippen molar-refractivity contribution in [3.63, 3.8) is 0 Å². The average molecular weight is 222 g/mol. The highest BCUT2D eigenvalue weighted by molar-refractivity contribution is 5.07. The highest BCUT2D eigenvalue weighted by Gasteiger charge is 2.41. The van der Waals surface area contributed by atoms with Gasteiger partial charge in [0, 0.05) is 43.5 Å². The summed E-state index contributed by atoms with van der Waals surface area (Å²) in [7, 11) is 0. The molecular formula is C13H22N2O. The first-order chi connectivity index (χ1) is 7.79. The Balaban J connectivity index is 1.78. The average Bonchev–Trinajstić information content (AvgIpc) is 2.95. The second-order valence-corrected chi connectivity index (χ2v) is 4.95. The maximum Gasteiger partial charge on any atom is 0.0499 e. The fraction of sp³-hybridized carbons (Fsp3) is 0.692. The van der Waals surface area contributed by atoms with Crippen LogP contribution >= 0.6 is 0 Å². The third-order valence-electron chi connectivity index (χ3n) is 3.49. The Morgan fingerprint density at radius 3 is 2.94 bits per heavy atom. The minimum absolute atomic E-state index is 0.210. The Labute approximate surface area is 97.5 Å². The number of nitrogens with zero attached hydrogens (tertiary/aromatic N) is 1. The molecule has 1 heterocycles. The van der Waals surface area contributed by atoms with Crippen molar-refractivity contribution in [3.05, 3.63) is 24.0 Å². The van der Waals surface area contributed by atoms with E-state index in [9.17, 15) is 5.11 Å². The van der Waals surface area contributed by atoms with Crippen molar-refractivity contribution in [3.8, 4) is 0 Å². The van der Waals surface area contributed by atoms with Gasteiger partial charge >= 0.3 is 0 Å². The monoisotopic (exact) mass is 222 g/mol. The maximum absolute atomic E-state index is 9.21. The lowest BCUT2D eigenvalue weighted by Crippen LogP contribution is -2.26. The Morgan fingerprint density at radius 1 is 1.50 bits per heavy atom. The van der Waals surface area contributed by atoms with Crippen molar-refractivity contribution in [2.75, 3.05) is 13.2 Å². The molecule has 2 rings (SSSR count). The van der Waals surface area contributed by atoms with Crippen molar-refractivity contribution in [2.24, 2.45) is 5.41 Å². The number of aliphatic hydroxyl groups excluding tert-OH is 1. The molecule has 90 valence electrons. The van der Waals surface area contributed by atoms with Gasteiger partial charge in [-0.1, -0.05) is 6.92 Å². The van der Waals surface area contributed by atoms with Crippen molar-refractivity contribution in [2.45, 2.75) is 39.3 Å². The van der Waals surface area contributed by atoms with Crippen molar-refractivity contribution < 1.29 is 5.11 Å². The molecule has 1 aliphatic rings. The molecule has 0 amide bonds. The van der Waals surface area contributed by atoms with Crippen LogP contribution < -0.4 is 5.32 Å². The number of rotatable bonds is 7. The van der Waals surface area contributed by atoms with Gasteiger partial charge in [-0.05, 0) is 31.4 Å². The maximum atomic E-state index is 9.21. The fourth-order valence-corrected chi connectivity index (χ4v) is 2.09. The predicted octanol–water partition coefficient (Wildman–Crippen LogP) is 1.76. The lowest BCUT2D eigenvalue weighted by Gasteiger charge is -2.14. The molecule has 1 aromatic rings. The molecule has 0 saturated heterocycles. The summed E-state index contributed by atoms with van der Waals surface area (Å²) in [6, 6.07) is 4.27. The summed E-state index contributed by atoms with van der Waals surface area (Å²) in [6.45, 7) is 5.48. The van der Waals surface area contributed by atoms with E-state index in [-0.39, 0.29) is 5.41 Å². The lowest BCUT2D eigenvalue weighted by molar-refractivity contribution is 0.207. The number of aryl methyl sites for hydroxylation is 1. The standard InChI is InChI=1S/C13H22N2O/c1-2-7-15-8-3-4-12(15)9-14-10-13(11-16)5-6-13/h3-4,8,14,16H,2,5-7,9-11H2,1H3. The van der Waals surface area contributed by atoms with Crippen LogP contribution in [-0.4, -0.2) is 22.8 Å². The van der Waals surface area contributed by atoms with Crippen LogP contribution in [0.4, 0.5) is 0 Å². The Kier molecular flexibility index (Phi) is 3.66. The van der Waals surface area contributed by atoms with Crippen molar-refractivity contribution >= 4 is 0 Å². The van der Waals surface area contributed by atoms with Gasteiger partial charge in [-0.25, -0.2) is 0 Å². The molecule has 1 aliphatic carbocycles. The molecule has 1 fully saturated rings. The van der Waals surface area contributed by atoms with Crippen LogP contribution in [0.25, 0.3) is 0 Å². The molecular weight excluding hydrogens is 200 g/mol. The number of aromatic nitrogens is 1. The first kappa shape index (κ1) is 11.7. The zero-order chi connectivity index (χ0) is 11.4. The van der Waals surface area contributed by atoms with Gasteiger partial charge in [-0.3, -0.25) is 0 Å². The number of hydrogen-bond donors (Lipinski definition) is 2. The van der Waals surface area contributed by atoms with E-state index in [4.69, 9.17) is 0 Å². The molecule has 0 unspecified atom stereocenters. The first-order valence-electron chi connectivity index (χ1n) is 6.25. The van der Waals surface area contributed by atoms with Gasteiger partial charge in [-0.15, -0.1) is 0 Å². The van der Waals surface area contributed by atoms with Crippen molar-refractivity contribution in [1.82, 2.24) is 9.88 Å². The third-order valence-corrected chi connectivity index (χ3v) is 3.49. The topological polar surface area (TPSA) is 37.2 Å². The van der Waals surface area contributed by atoms with E-state index in [1.807, 2.05) is 0 Å². The van der Waals surface area contributed by atoms with Crippen LogP contribution in [0.5, 0.6) is 0 Å². The predicted molar refractivity (Wildman–Crippen MR) is 65.2 cm³/mol. The summed E-state index contributed by atoms with van der Waals surface area (Å²) in [6.07, 6.45) is 5.65. The molecule has 0 spiro atoms. The van der Waals surface area contributed by atoms with E-state index in [0.29, 0.717) is 6.61 Å². The van der Waals surface area contributed by atoms with Gasteiger partial charge in [-0.2, -0.15) is 0 Å². The quantitative estimate of drug-likeness (QED) is 0.737. The number of nitrogens with one attached hydrogen (secondary N) is 1. The Hall–Kier alpha value is -0.800. The summed E-state index contributed by atoms with van der Waals surface area (Å²) in [4.78, 5) is 0. The van der Waals surface area contributed by atoms with E-state index in [1.165, 1.54) is 25.0 Å². The van der Waals surface area contributed by atoms with Gasteiger partial charge in [0.15, 0.2) is 0 Å². The highest BCUT2D eigenvalue weighted by atomic mass is 16.3. The zero-order valence-corrected chi connectivity index (χ0v) is 10.1. The van der Waals surface area contributed by atoms with Crippen LogP contribution in [0.2, 0.25) is 0 Å². The minimum Gasteiger partial charge on any atom is -0.396 e. The number of aliphatic hydroxyl groups is 1. The van der Waals surface area contributed by atoms with Gasteiger partial charge < -0.3 is 15.0 Å². The van der Waals surface area contributed by atoms with Crippen molar-refractivity contribution in [1.29, 1.82) is 0 Å². The van der Waals surface area contributed by atoms with Crippen LogP contribution in [-0.2, 0) is 13.1 Å². The molecule has 16 heavy (non-hydrogen) atoms. The second kappa shape index (κ2) is 5.02. The summed E-state index contributed by atoms with van der Waals surface area (Å²) in [5.41, 5.74) is 1.55. The third kappa shape index (κ3) is 2.66. The molecule has 0 atom stereocenters. The van der Waals surface area contributed by atoms with E-state index in [0.717, 1.165) is 19.6 Å². The van der Waals surface area contributed by atoms with Gasteiger partial charge in [0.05, 0.1) is 0 Å². The second-order valence-electron chi connectivity index (χ2n) is 4.95. The fourth-order valence-electron chi connectivity index (χ4n) is 2.09. The van der Waals surface area contributed by atoms with Gasteiger partial charge in [0.1, 0.15) is 0 Å². The summed E-state index contributed by atoms with van der Waals surface area (Å²) in [5.74, 6) is 0. The molecule has 0 aliphatic heterocycles. The van der Waals surface area contributed by atoms with E-state index >= 15 is 0 Å². The van der Waals surface area contributed by atoms with Gasteiger partial charge in [0.25, 0.3) is 0 Å². The SMILES string of the molecule is CCCn1cccc1CNCC1(CO)CC1. The molecule has 2 N–H and O–H groups in total. The van der Waals surface area contributed by atoms with Crippen LogP contribution in [0, 0.1) is 5.41 Å². The Morgan fingerprint density at radius 2 is 2.31 bits per heavy atom. The molecule has 1 saturated carbocycles. The van der Waals surface area contributed by atoms with Crippen LogP contribution in [0.3, 0.4) is 0 Å². The normalized spacial score (nSPS) is 17.6. The van der Waals surface area contributed by atoms with E-state index in [2.05, 4.69) is 35.1 Å². The van der Waals surface area contributed by atoms with E-state index in [1.54, 1.807) is 0 Å². The Bertz CT molecular complexity index is 328. The molecule has 0 bridgehead atoms. The molecule has 1 aromatic heterocycles. The van der Waals surface area contributed by atoms with Gasteiger partial charge in [0.2, 0.25) is 0 Å². The number of hydrogen-bond acceptors (Lipinski definition) is 2.